The van der Waals surface area contributed by atoms with E-state index in [0.717, 1.165) is 60.9 Å². The Balaban J connectivity index is 1.51. The number of ether oxygens (including phenoxy) is 2. The van der Waals surface area contributed by atoms with Gasteiger partial charge in [-0.25, -0.2) is 0 Å². The van der Waals surface area contributed by atoms with E-state index in [0.29, 0.717) is 12.3 Å². The summed E-state index contributed by atoms with van der Waals surface area (Å²) in [6.07, 6.45) is 5.80. The maximum absolute atomic E-state index is 12.0. The van der Waals surface area contributed by atoms with Gasteiger partial charge >= 0.3 is 0 Å². The molecular weight excluding hydrogens is 354 g/mol. The Kier molecular flexibility index (Phi) is 7.09. The van der Waals surface area contributed by atoms with Gasteiger partial charge in [-0.2, -0.15) is 0 Å². The first-order chi connectivity index (χ1) is 13.6. The minimum atomic E-state index is -0.0243. The third-order valence-corrected chi connectivity index (χ3v) is 5.16. The summed E-state index contributed by atoms with van der Waals surface area (Å²) in [7, 11) is 0. The highest BCUT2D eigenvalue weighted by molar-refractivity contribution is 5.95. The Morgan fingerprint density at radius 2 is 2.07 bits per heavy atom. The number of benzene rings is 1. The van der Waals surface area contributed by atoms with Gasteiger partial charge in [-0.3, -0.25) is 9.78 Å². The first kappa shape index (κ1) is 20.4. The predicted octanol–water partition coefficient (Wildman–Crippen LogP) is 3.75. The van der Waals surface area contributed by atoms with Gasteiger partial charge in [0.05, 0.1) is 17.0 Å². The van der Waals surface area contributed by atoms with E-state index in [1.807, 2.05) is 31.2 Å². The molecule has 6 heteroatoms. The van der Waals surface area contributed by atoms with Gasteiger partial charge in [0.1, 0.15) is 12.4 Å². The molecule has 0 saturated heterocycles. The molecule has 1 fully saturated rings. The normalized spacial score (nSPS) is 19.5. The Hall–Kier alpha value is -2.34. The number of anilines is 1. The number of hydrogen-bond donors (Lipinski definition) is 2. The van der Waals surface area contributed by atoms with Gasteiger partial charge in [0.2, 0.25) is 5.91 Å². The predicted molar refractivity (Wildman–Crippen MR) is 111 cm³/mol. The molecule has 1 heterocycles. The van der Waals surface area contributed by atoms with Crippen molar-refractivity contribution in [2.75, 3.05) is 18.9 Å². The average Bonchev–Trinajstić information content (AvgIpc) is 2.66. The van der Waals surface area contributed by atoms with Crippen molar-refractivity contribution < 1.29 is 14.3 Å². The SMILES string of the molecule is CCCCOCC(=O)NC1CCC(Oc2cccc3nc(C)cc(N)c23)CC1. The molecule has 3 N–H and O–H groups in total. The number of carbonyl (C=O) groups is 1. The Morgan fingerprint density at radius 3 is 2.82 bits per heavy atom. The van der Waals surface area contributed by atoms with Crippen molar-refractivity contribution in [3.8, 4) is 5.75 Å². The van der Waals surface area contributed by atoms with E-state index < -0.39 is 0 Å². The number of rotatable bonds is 8. The van der Waals surface area contributed by atoms with Crippen LogP contribution in [0.5, 0.6) is 5.75 Å². The molecule has 152 valence electrons. The molecule has 28 heavy (non-hydrogen) atoms. The van der Waals surface area contributed by atoms with Gasteiger partial charge in [0, 0.05) is 24.0 Å². The summed E-state index contributed by atoms with van der Waals surface area (Å²) in [5, 5.41) is 3.96. The van der Waals surface area contributed by atoms with Crippen molar-refractivity contribution >= 4 is 22.5 Å². The highest BCUT2D eigenvalue weighted by Crippen LogP contribution is 2.33. The van der Waals surface area contributed by atoms with Crippen LogP contribution < -0.4 is 15.8 Å². The van der Waals surface area contributed by atoms with Crippen molar-refractivity contribution in [1.29, 1.82) is 0 Å². The largest absolute Gasteiger partial charge is 0.490 e. The van der Waals surface area contributed by atoms with Crippen LogP contribution in [0, 0.1) is 6.92 Å². The van der Waals surface area contributed by atoms with Crippen LogP contribution in [0.3, 0.4) is 0 Å². The lowest BCUT2D eigenvalue weighted by atomic mass is 9.93. The number of nitrogens with two attached hydrogens (primary N) is 1. The standard InChI is InChI=1S/C22H31N3O3/c1-3-4-12-27-14-21(26)25-16-8-10-17(11-9-16)28-20-7-5-6-19-22(20)18(23)13-15(2)24-19/h5-7,13,16-17H,3-4,8-12,14H2,1-2H3,(H2,23,24)(H,25,26). The molecule has 0 unspecified atom stereocenters. The second kappa shape index (κ2) is 9.73. The molecule has 1 saturated carbocycles. The van der Waals surface area contributed by atoms with E-state index in [9.17, 15) is 4.79 Å². The topological polar surface area (TPSA) is 86.5 Å². The molecular formula is C22H31N3O3. The van der Waals surface area contributed by atoms with Crippen LogP contribution in [-0.4, -0.2) is 36.3 Å². The van der Waals surface area contributed by atoms with Crippen LogP contribution in [-0.2, 0) is 9.53 Å². The van der Waals surface area contributed by atoms with Gasteiger partial charge in [0.25, 0.3) is 0 Å². The molecule has 0 spiro atoms. The lowest BCUT2D eigenvalue weighted by Crippen LogP contribution is -2.41. The van der Waals surface area contributed by atoms with Crippen molar-refractivity contribution in [1.82, 2.24) is 10.3 Å². The fourth-order valence-corrected chi connectivity index (χ4v) is 3.71. The lowest BCUT2D eigenvalue weighted by molar-refractivity contribution is -0.126. The summed E-state index contributed by atoms with van der Waals surface area (Å²) in [5.74, 6) is 0.767. The fraction of sp³-hybridized carbons (Fsp3) is 0.545. The average molecular weight is 386 g/mol. The zero-order valence-corrected chi connectivity index (χ0v) is 16.9. The van der Waals surface area contributed by atoms with E-state index >= 15 is 0 Å². The number of nitrogen functional groups attached to an aromatic ring is 1. The number of nitrogens with zero attached hydrogens (tertiary/aromatic N) is 1. The van der Waals surface area contributed by atoms with Crippen molar-refractivity contribution in [2.24, 2.45) is 0 Å². The van der Waals surface area contributed by atoms with Crippen molar-refractivity contribution in [3.63, 3.8) is 0 Å². The van der Waals surface area contributed by atoms with Crippen LogP contribution in [0.15, 0.2) is 24.3 Å². The molecule has 0 aliphatic heterocycles. The minimum Gasteiger partial charge on any atom is -0.490 e. The summed E-state index contributed by atoms with van der Waals surface area (Å²) in [5.41, 5.74) is 8.68. The third-order valence-electron chi connectivity index (χ3n) is 5.16. The lowest BCUT2D eigenvalue weighted by Gasteiger charge is -2.30. The number of unbranched alkanes of at least 4 members (excludes halogenated alkanes) is 1. The van der Waals surface area contributed by atoms with Crippen LogP contribution in [0.1, 0.15) is 51.1 Å². The first-order valence-corrected chi connectivity index (χ1v) is 10.3. The zero-order chi connectivity index (χ0) is 19.9. The molecule has 1 aromatic carbocycles. The molecule has 0 radical (unpaired) electrons. The molecule has 0 atom stereocenters. The number of carbonyl (C=O) groups excluding carboxylic acids is 1. The molecule has 1 amide bonds. The maximum atomic E-state index is 12.0. The van der Waals surface area contributed by atoms with Crippen molar-refractivity contribution in [3.05, 3.63) is 30.0 Å². The fourth-order valence-electron chi connectivity index (χ4n) is 3.71. The summed E-state index contributed by atoms with van der Waals surface area (Å²) < 4.78 is 11.7. The monoisotopic (exact) mass is 385 g/mol. The zero-order valence-electron chi connectivity index (χ0n) is 16.9. The molecule has 1 aromatic heterocycles. The van der Waals surface area contributed by atoms with Gasteiger partial charge in [-0.05, 0) is 57.2 Å². The quantitative estimate of drug-likeness (QED) is 0.676. The number of nitrogens with one attached hydrogen (secondary N) is 1. The number of aromatic nitrogens is 1. The van der Waals surface area contributed by atoms with Gasteiger partial charge < -0.3 is 20.5 Å². The van der Waals surface area contributed by atoms with Gasteiger partial charge in [-0.15, -0.1) is 0 Å². The second-order valence-electron chi connectivity index (χ2n) is 7.57. The van der Waals surface area contributed by atoms with Crippen LogP contribution in [0.4, 0.5) is 5.69 Å². The van der Waals surface area contributed by atoms with E-state index in [1.165, 1.54) is 0 Å². The summed E-state index contributed by atoms with van der Waals surface area (Å²) in [4.78, 5) is 16.5. The van der Waals surface area contributed by atoms with E-state index in [1.54, 1.807) is 0 Å². The second-order valence-corrected chi connectivity index (χ2v) is 7.57. The molecule has 3 rings (SSSR count). The number of aryl methyl sites for hydroxylation is 1. The van der Waals surface area contributed by atoms with Crippen molar-refractivity contribution in [2.45, 2.75) is 64.5 Å². The summed E-state index contributed by atoms with van der Waals surface area (Å²) in [6.45, 7) is 4.84. The van der Waals surface area contributed by atoms with Crippen LogP contribution in [0.2, 0.25) is 0 Å². The number of pyridine rings is 1. The molecule has 0 bridgehead atoms. The van der Waals surface area contributed by atoms with Gasteiger partial charge in [0.15, 0.2) is 0 Å². The number of hydrogen-bond acceptors (Lipinski definition) is 5. The smallest absolute Gasteiger partial charge is 0.246 e. The first-order valence-electron chi connectivity index (χ1n) is 10.3. The highest BCUT2D eigenvalue weighted by atomic mass is 16.5. The van der Waals surface area contributed by atoms with E-state index in [4.69, 9.17) is 15.2 Å². The Labute approximate surface area is 166 Å². The Morgan fingerprint density at radius 1 is 1.29 bits per heavy atom. The minimum absolute atomic E-state index is 0.0243. The van der Waals surface area contributed by atoms with Gasteiger partial charge in [-0.1, -0.05) is 19.4 Å². The summed E-state index contributed by atoms with van der Waals surface area (Å²) in [6, 6.07) is 7.94. The molecule has 1 aliphatic rings. The van der Waals surface area contributed by atoms with E-state index in [-0.39, 0.29) is 24.7 Å². The Bertz CT molecular complexity index is 801. The maximum Gasteiger partial charge on any atom is 0.246 e. The molecule has 2 aromatic rings. The third kappa shape index (κ3) is 5.35. The number of fused-ring (bicyclic) bond motifs is 1. The van der Waals surface area contributed by atoms with Crippen LogP contribution >= 0.6 is 0 Å². The van der Waals surface area contributed by atoms with E-state index in [2.05, 4.69) is 17.2 Å². The summed E-state index contributed by atoms with van der Waals surface area (Å²) >= 11 is 0. The van der Waals surface area contributed by atoms with Crippen LogP contribution in [0.25, 0.3) is 10.9 Å². The molecule has 6 nitrogen and oxygen atoms in total. The number of amides is 1. The molecule has 1 aliphatic carbocycles. The highest BCUT2D eigenvalue weighted by Gasteiger charge is 2.24.